The van der Waals surface area contributed by atoms with Crippen molar-refractivity contribution in [3.63, 3.8) is 0 Å². The predicted molar refractivity (Wildman–Crippen MR) is 51.2 cm³/mol. The van der Waals surface area contributed by atoms with E-state index < -0.39 is 0 Å². The second-order valence-electron chi connectivity index (χ2n) is 3.28. The molecule has 1 atom stereocenters. The highest BCUT2D eigenvalue weighted by molar-refractivity contribution is 5.85. The number of hydrogen-bond donors (Lipinski definition) is 1. The Kier molecular flexibility index (Phi) is 3.06. The number of carbonyl (C=O) groups is 2. The van der Waals surface area contributed by atoms with Gasteiger partial charge >= 0.3 is 5.97 Å². The lowest BCUT2D eigenvalue weighted by molar-refractivity contribution is -0.143. The Bertz CT molecular complexity index is 317. The van der Waals surface area contributed by atoms with E-state index in [0.29, 0.717) is 12.1 Å². The summed E-state index contributed by atoms with van der Waals surface area (Å²) in [5, 5.41) is 2.54. The third kappa shape index (κ3) is 2.73. The lowest BCUT2D eigenvalue weighted by Crippen LogP contribution is -2.26. The van der Waals surface area contributed by atoms with Gasteiger partial charge in [-0.3, -0.25) is 4.79 Å². The van der Waals surface area contributed by atoms with Gasteiger partial charge in [-0.15, -0.1) is 0 Å². The van der Waals surface area contributed by atoms with Gasteiger partial charge < -0.3 is 10.1 Å². The highest BCUT2D eigenvalue weighted by atomic mass is 16.5. The van der Waals surface area contributed by atoms with Gasteiger partial charge in [-0.2, -0.15) is 0 Å². The van der Waals surface area contributed by atoms with E-state index in [1.165, 1.54) is 13.0 Å². The molecule has 0 aromatic carbocycles. The Balaban J connectivity index is 2.72. The van der Waals surface area contributed by atoms with Gasteiger partial charge in [0.15, 0.2) is 0 Å². The zero-order chi connectivity index (χ0) is 10.7. The predicted octanol–water partition coefficient (Wildman–Crippen LogP) is 0.898. The molecule has 1 amide bonds. The topological polar surface area (TPSA) is 55.4 Å². The number of rotatable bonds is 2. The summed E-state index contributed by atoms with van der Waals surface area (Å²) in [6, 6.07) is 0. The molecular weight excluding hydrogens is 182 g/mol. The number of hydrogen-bond acceptors (Lipinski definition) is 3. The molecule has 0 fully saturated rings. The highest BCUT2D eigenvalue weighted by Gasteiger charge is 2.19. The number of amides is 1. The number of cyclic esters (lactones) is 1. The Morgan fingerprint density at radius 3 is 2.86 bits per heavy atom. The monoisotopic (exact) mass is 195 g/mol. The van der Waals surface area contributed by atoms with Gasteiger partial charge in [0, 0.05) is 25.1 Å². The average molecular weight is 195 g/mol. The summed E-state index contributed by atoms with van der Waals surface area (Å²) in [4.78, 5) is 21.8. The van der Waals surface area contributed by atoms with Crippen LogP contribution >= 0.6 is 0 Å². The first kappa shape index (κ1) is 10.5. The minimum absolute atomic E-state index is 0.159. The van der Waals surface area contributed by atoms with Crippen LogP contribution in [0.15, 0.2) is 23.9 Å². The fraction of sp³-hybridized carbons (Fsp3) is 0.400. The van der Waals surface area contributed by atoms with Crippen molar-refractivity contribution < 1.29 is 14.3 Å². The Hall–Kier alpha value is -1.58. The maximum atomic E-state index is 11.0. The smallest absolute Gasteiger partial charge is 0.331 e. The summed E-state index contributed by atoms with van der Waals surface area (Å²) in [7, 11) is 0. The van der Waals surface area contributed by atoms with Gasteiger partial charge in [-0.05, 0) is 12.5 Å². The van der Waals surface area contributed by atoms with Crippen molar-refractivity contribution in [2.24, 2.45) is 0 Å². The van der Waals surface area contributed by atoms with Crippen molar-refractivity contribution in [2.75, 3.05) is 0 Å². The number of esters is 1. The third-order valence-electron chi connectivity index (χ3n) is 1.83. The lowest BCUT2D eigenvalue weighted by atomic mass is 10.0. The molecule has 0 aliphatic carbocycles. The third-order valence-corrected chi connectivity index (χ3v) is 1.83. The van der Waals surface area contributed by atoms with Gasteiger partial charge in [-0.25, -0.2) is 4.79 Å². The molecule has 0 bridgehead atoms. The molecule has 0 spiro atoms. The molecule has 1 aliphatic heterocycles. The number of nitrogens with one attached hydrogen (secondary N) is 1. The van der Waals surface area contributed by atoms with Crippen LogP contribution in [0, 0.1) is 0 Å². The second kappa shape index (κ2) is 4.09. The first-order chi connectivity index (χ1) is 6.49. The van der Waals surface area contributed by atoms with Crippen LogP contribution in [0.25, 0.3) is 0 Å². The van der Waals surface area contributed by atoms with Crippen LogP contribution in [-0.2, 0) is 14.3 Å². The van der Waals surface area contributed by atoms with E-state index in [4.69, 9.17) is 4.74 Å². The van der Waals surface area contributed by atoms with Gasteiger partial charge in [0.1, 0.15) is 6.10 Å². The van der Waals surface area contributed by atoms with Crippen LogP contribution in [0.3, 0.4) is 0 Å². The van der Waals surface area contributed by atoms with Gasteiger partial charge in [0.05, 0.1) is 0 Å². The summed E-state index contributed by atoms with van der Waals surface area (Å²) in [5.74, 6) is -0.576. The summed E-state index contributed by atoms with van der Waals surface area (Å²) in [6.07, 6.45) is 1.79. The lowest BCUT2D eigenvalue weighted by Gasteiger charge is -2.20. The molecule has 4 nitrogen and oxygen atoms in total. The maximum absolute atomic E-state index is 11.0. The number of ether oxygens (including phenoxy) is 1. The summed E-state index contributed by atoms with van der Waals surface area (Å²) < 4.78 is 4.90. The molecule has 0 saturated heterocycles. The van der Waals surface area contributed by atoms with E-state index in [0.717, 1.165) is 5.57 Å². The molecule has 76 valence electrons. The zero-order valence-electron chi connectivity index (χ0n) is 8.29. The van der Waals surface area contributed by atoms with Crippen molar-refractivity contribution in [2.45, 2.75) is 26.4 Å². The summed E-state index contributed by atoms with van der Waals surface area (Å²) >= 11 is 0. The zero-order valence-corrected chi connectivity index (χ0v) is 8.29. The van der Waals surface area contributed by atoms with Crippen LogP contribution in [0.1, 0.15) is 20.3 Å². The van der Waals surface area contributed by atoms with E-state index in [9.17, 15) is 9.59 Å². The molecule has 0 unspecified atom stereocenters. The van der Waals surface area contributed by atoms with Crippen molar-refractivity contribution in [1.82, 2.24) is 5.32 Å². The van der Waals surface area contributed by atoms with E-state index >= 15 is 0 Å². The van der Waals surface area contributed by atoms with Crippen LogP contribution in [0.4, 0.5) is 0 Å². The molecule has 0 radical (unpaired) electrons. The van der Waals surface area contributed by atoms with E-state index in [-0.39, 0.29) is 18.0 Å². The SMILES string of the molecule is C=C(NC(C)=O)C1=CC(=O)O[C@H](C)C1. The second-order valence-corrected chi connectivity index (χ2v) is 3.28. The van der Waals surface area contributed by atoms with Gasteiger partial charge in [-0.1, -0.05) is 6.58 Å². The minimum Gasteiger partial charge on any atom is -0.459 e. The molecule has 1 aliphatic rings. The highest BCUT2D eigenvalue weighted by Crippen LogP contribution is 2.19. The van der Waals surface area contributed by atoms with Crippen molar-refractivity contribution in [3.05, 3.63) is 23.9 Å². The maximum Gasteiger partial charge on any atom is 0.331 e. The normalized spacial score (nSPS) is 20.9. The molecule has 0 aromatic rings. The number of allylic oxidation sites excluding steroid dienone is 1. The van der Waals surface area contributed by atoms with Crippen molar-refractivity contribution in [3.8, 4) is 0 Å². The van der Waals surface area contributed by atoms with Gasteiger partial charge in [0.25, 0.3) is 0 Å². The Morgan fingerprint density at radius 2 is 2.36 bits per heavy atom. The molecule has 0 aromatic heterocycles. The summed E-state index contributed by atoms with van der Waals surface area (Å²) in [5.41, 5.74) is 1.20. The van der Waals surface area contributed by atoms with E-state index in [2.05, 4.69) is 11.9 Å². The molecular formula is C10H13NO3. The van der Waals surface area contributed by atoms with E-state index in [1.54, 1.807) is 6.92 Å². The fourth-order valence-corrected chi connectivity index (χ4v) is 1.29. The molecule has 4 heteroatoms. The summed E-state index contributed by atoms with van der Waals surface area (Å²) in [6.45, 7) is 6.88. The molecule has 1 N–H and O–H groups in total. The standard InChI is InChI=1S/C10H13NO3/c1-6-4-9(5-10(13)14-6)7(2)11-8(3)12/h5-6H,2,4H2,1,3H3,(H,11,12)/t6-/m1/s1. The van der Waals surface area contributed by atoms with Crippen molar-refractivity contribution in [1.29, 1.82) is 0 Å². The first-order valence-corrected chi connectivity index (χ1v) is 4.37. The van der Waals surface area contributed by atoms with Crippen molar-refractivity contribution >= 4 is 11.9 Å². The average Bonchev–Trinajstić information content (AvgIpc) is 2.00. The van der Waals surface area contributed by atoms with Gasteiger partial charge in [0.2, 0.25) is 5.91 Å². The first-order valence-electron chi connectivity index (χ1n) is 4.37. The largest absolute Gasteiger partial charge is 0.459 e. The Morgan fingerprint density at radius 1 is 1.71 bits per heavy atom. The molecule has 14 heavy (non-hydrogen) atoms. The van der Waals surface area contributed by atoms with Crippen LogP contribution in [0.2, 0.25) is 0 Å². The Labute approximate surface area is 82.6 Å². The molecule has 1 rings (SSSR count). The number of carbonyl (C=O) groups excluding carboxylic acids is 2. The van der Waals surface area contributed by atoms with Crippen LogP contribution in [-0.4, -0.2) is 18.0 Å². The quantitative estimate of drug-likeness (QED) is 0.666. The fourth-order valence-electron chi connectivity index (χ4n) is 1.29. The molecule has 1 heterocycles. The minimum atomic E-state index is -0.384. The van der Waals surface area contributed by atoms with E-state index in [1.807, 2.05) is 0 Å². The molecule has 0 saturated carbocycles. The van der Waals surface area contributed by atoms with Crippen LogP contribution < -0.4 is 5.32 Å². The van der Waals surface area contributed by atoms with Crippen LogP contribution in [0.5, 0.6) is 0 Å².